The Morgan fingerprint density at radius 2 is 2.00 bits per heavy atom. The molecular weight excluding hydrogens is 581 g/mol. The van der Waals surface area contributed by atoms with Gasteiger partial charge in [0.1, 0.15) is 17.3 Å². The van der Waals surface area contributed by atoms with E-state index in [1.165, 1.54) is 11.8 Å². The third-order valence-electron chi connectivity index (χ3n) is 7.73. The number of nitrogens with zero attached hydrogens (tertiary/aromatic N) is 4. The zero-order chi connectivity index (χ0) is 29.8. The number of fused-ring (bicyclic) bond motifs is 1. The highest BCUT2D eigenvalue weighted by atomic mass is 32.2. The highest BCUT2D eigenvalue weighted by Gasteiger charge is 2.40. The molecule has 2 aromatic rings. The average molecular weight is 619 g/mol. The number of allylic oxidation sites excluding steroid dienone is 3. The SMILES string of the molecule is CCNc1ccc(N)cc1N=C1SC(=C2Sc3ccc(OCCN4CCOCC4)cc3N2C)C(=O)N1CC1C=CC=CC1. The maximum absolute atomic E-state index is 14.1. The molecule has 1 unspecified atom stereocenters. The number of anilines is 3. The van der Waals surface area contributed by atoms with Crippen LogP contribution in [0.2, 0.25) is 0 Å². The van der Waals surface area contributed by atoms with E-state index in [1.54, 1.807) is 11.8 Å². The molecule has 1 amide bonds. The zero-order valence-electron chi connectivity index (χ0n) is 24.6. The molecule has 3 aliphatic heterocycles. The first-order chi connectivity index (χ1) is 21.0. The Kier molecular flexibility index (Phi) is 9.32. The topological polar surface area (TPSA) is 95.7 Å². The van der Waals surface area contributed by atoms with E-state index in [-0.39, 0.29) is 11.8 Å². The summed E-state index contributed by atoms with van der Waals surface area (Å²) in [6.07, 6.45) is 9.30. The Hall–Kier alpha value is -3.38. The summed E-state index contributed by atoms with van der Waals surface area (Å²) in [4.78, 5) is 27.2. The van der Waals surface area contributed by atoms with E-state index in [4.69, 9.17) is 20.2 Å². The molecule has 3 N–H and O–H groups in total. The zero-order valence-corrected chi connectivity index (χ0v) is 26.3. The van der Waals surface area contributed by atoms with Crippen LogP contribution in [-0.4, -0.2) is 80.5 Å². The summed E-state index contributed by atoms with van der Waals surface area (Å²) in [6.45, 7) is 8.30. The minimum atomic E-state index is -0.0234. The number of nitrogens with two attached hydrogens (primary N) is 1. The van der Waals surface area contributed by atoms with Crippen LogP contribution in [0.15, 0.2) is 80.5 Å². The van der Waals surface area contributed by atoms with Crippen LogP contribution >= 0.6 is 23.5 Å². The minimum Gasteiger partial charge on any atom is -0.492 e. The van der Waals surface area contributed by atoms with E-state index in [0.717, 1.165) is 78.5 Å². The van der Waals surface area contributed by atoms with E-state index in [2.05, 4.69) is 51.6 Å². The first-order valence-corrected chi connectivity index (χ1v) is 16.4. The Balaban J connectivity index is 1.26. The molecule has 3 heterocycles. The van der Waals surface area contributed by atoms with Crippen LogP contribution < -0.4 is 20.7 Å². The van der Waals surface area contributed by atoms with E-state index >= 15 is 0 Å². The van der Waals surface area contributed by atoms with Crippen molar-refractivity contribution in [3.05, 3.63) is 70.6 Å². The van der Waals surface area contributed by atoms with Crippen molar-refractivity contribution in [3.8, 4) is 5.75 Å². The van der Waals surface area contributed by atoms with Gasteiger partial charge in [-0.2, -0.15) is 0 Å². The van der Waals surface area contributed by atoms with Crippen molar-refractivity contribution in [1.29, 1.82) is 0 Å². The molecule has 226 valence electrons. The van der Waals surface area contributed by atoms with Crippen molar-refractivity contribution < 1.29 is 14.3 Å². The fourth-order valence-electron chi connectivity index (χ4n) is 5.40. The predicted octanol–water partition coefficient (Wildman–Crippen LogP) is 5.52. The number of amidine groups is 1. The number of carbonyl (C=O) groups excluding carboxylic acids is 1. The van der Waals surface area contributed by atoms with Gasteiger partial charge in [-0.15, -0.1) is 0 Å². The van der Waals surface area contributed by atoms with Crippen LogP contribution in [0.1, 0.15) is 13.3 Å². The number of aliphatic imine (C=N–C) groups is 1. The maximum atomic E-state index is 14.1. The van der Waals surface area contributed by atoms with Crippen molar-refractivity contribution in [1.82, 2.24) is 9.80 Å². The van der Waals surface area contributed by atoms with Crippen molar-refractivity contribution in [2.75, 3.05) is 75.5 Å². The summed E-state index contributed by atoms with van der Waals surface area (Å²) < 4.78 is 11.6. The molecule has 9 nitrogen and oxygen atoms in total. The summed E-state index contributed by atoms with van der Waals surface area (Å²) >= 11 is 3.05. The normalized spacial score (nSPS) is 23.0. The van der Waals surface area contributed by atoms with E-state index in [0.29, 0.717) is 28.9 Å². The van der Waals surface area contributed by atoms with Gasteiger partial charge in [0.2, 0.25) is 0 Å². The predicted molar refractivity (Wildman–Crippen MR) is 178 cm³/mol. The summed E-state index contributed by atoms with van der Waals surface area (Å²) in [5.41, 5.74) is 9.42. The average Bonchev–Trinajstić information content (AvgIpc) is 3.50. The number of hydrogen-bond acceptors (Lipinski definition) is 10. The lowest BCUT2D eigenvalue weighted by Crippen LogP contribution is -2.38. The Morgan fingerprint density at radius 1 is 1.14 bits per heavy atom. The van der Waals surface area contributed by atoms with Crippen LogP contribution in [-0.2, 0) is 9.53 Å². The summed E-state index contributed by atoms with van der Waals surface area (Å²) in [5, 5.41) is 4.94. The number of ether oxygens (including phenoxy) is 2. The molecule has 0 spiro atoms. The molecule has 0 aromatic heterocycles. The smallest absolute Gasteiger partial charge is 0.269 e. The van der Waals surface area contributed by atoms with Gasteiger partial charge < -0.3 is 25.4 Å². The molecule has 1 atom stereocenters. The summed E-state index contributed by atoms with van der Waals surface area (Å²) in [6, 6.07) is 11.8. The number of amides is 1. The Bertz CT molecular complexity index is 1480. The van der Waals surface area contributed by atoms with Crippen molar-refractivity contribution >= 4 is 57.3 Å². The number of morpholine rings is 1. The number of hydrogen-bond donors (Lipinski definition) is 2. The second kappa shape index (κ2) is 13.5. The lowest BCUT2D eigenvalue weighted by Gasteiger charge is -2.26. The molecule has 4 aliphatic rings. The molecule has 1 aliphatic carbocycles. The van der Waals surface area contributed by atoms with Crippen LogP contribution in [0.25, 0.3) is 0 Å². The molecule has 2 aromatic carbocycles. The maximum Gasteiger partial charge on any atom is 0.269 e. The molecule has 2 saturated heterocycles. The first kappa shape index (κ1) is 29.7. The lowest BCUT2D eigenvalue weighted by atomic mass is 10.0. The van der Waals surface area contributed by atoms with Gasteiger partial charge in [0, 0.05) is 56.4 Å². The number of rotatable bonds is 9. The van der Waals surface area contributed by atoms with Crippen LogP contribution in [0.3, 0.4) is 0 Å². The third-order valence-corrected chi connectivity index (χ3v) is 10.2. The van der Waals surface area contributed by atoms with Gasteiger partial charge in [-0.3, -0.25) is 14.6 Å². The first-order valence-electron chi connectivity index (χ1n) is 14.8. The molecule has 0 bridgehead atoms. The quantitative estimate of drug-likeness (QED) is 0.278. The van der Waals surface area contributed by atoms with Gasteiger partial charge in [-0.1, -0.05) is 36.1 Å². The Morgan fingerprint density at radius 3 is 2.79 bits per heavy atom. The summed E-state index contributed by atoms with van der Waals surface area (Å²) in [5.74, 6) is 1.03. The van der Waals surface area contributed by atoms with Gasteiger partial charge in [0.05, 0.1) is 35.3 Å². The number of carbonyl (C=O) groups is 1. The summed E-state index contributed by atoms with van der Waals surface area (Å²) in [7, 11) is 2.02. The molecule has 2 fully saturated rings. The van der Waals surface area contributed by atoms with Gasteiger partial charge in [-0.25, -0.2) is 4.99 Å². The second-order valence-corrected chi connectivity index (χ2v) is 12.8. The van der Waals surface area contributed by atoms with Crippen molar-refractivity contribution in [2.45, 2.75) is 18.2 Å². The fraction of sp³-hybridized carbons (Fsp3) is 0.375. The molecule has 11 heteroatoms. The second-order valence-electron chi connectivity index (χ2n) is 10.8. The standard InChI is InChI=1S/C32H38N6O3S2/c1-3-34-25-11-9-23(33)19-26(25)35-32-38(21-22-7-5-4-6-8-22)30(39)29(43-32)31-36(2)27-20-24(10-12-28(27)42-31)41-18-15-37-13-16-40-17-14-37/h4-7,9-12,19-20,22,34H,3,8,13-18,21,33H2,1-2H3. The van der Waals surface area contributed by atoms with Gasteiger partial charge in [0.15, 0.2) is 5.17 Å². The number of nitrogen functional groups attached to an aromatic ring is 1. The molecule has 0 radical (unpaired) electrons. The third kappa shape index (κ3) is 6.75. The Labute approximate surface area is 261 Å². The number of nitrogens with one attached hydrogen (secondary N) is 1. The van der Waals surface area contributed by atoms with Crippen LogP contribution in [0, 0.1) is 5.92 Å². The molecular formula is C32H38N6O3S2. The van der Waals surface area contributed by atoms with Crippen LogP contribution in [0.4, 0.5) is 22.7 Å². The molecule has 43 heavy (non-hydrogen) atoms. The number of thioether (sulfide) groups is 2. The fourth-order valence-corrected chi connectivity index (χ4v) is 7.72. The van der Waals surface area contributed by atoms with E-state index in [1.807, 2.05) is 43.1 Å². The van der Waals surface area contributed by atoms with Gasteiger partial charge in [0.25, 0.3) is 5.91 Å². The molecule has 6 rings (SSSR count). The highest BCUT2D eigenvalue weighted by molar-refractivity contribution is 8.19. The minimum absolute atomic E-state index is 0.0234. The van der Waals surface area contributed by atoms with Crippen molar-refractivity contribution in [2.24, 2.45) is 10.9 Å². The van der Waals surface area contributed by atoms with Crippen LogP contribution in [0.5, 0.6) is 5.75 Å². The highest BCUT2D eigenvalue weighted by Crippen LogP contribution is 2.51. The van der Waals surface area contributed by atoms with Gasteiger partial charge in [-0.05, 0) is 61.4 Å². The van der Waals surface area contributed by atoms with E-state index < -0.39 is 0 Å². The lowest BCUT2D eigenvalue weighted by molar-refractivity contribution is -0.122. The van der Waals surface area contributed by atoms with E-state index in [9.17, 15) is 4.79 Å². The van der Waals surface area contributed by atoms with Crippen molar-refractivity contribution in [3.63, 3.8) is 0 Å². The largest absolute Gasteiger partial charge is 0.492 e. The molecule has 0 saturated carbocycles. The van der Waals surface area contributed by atoms with Gasteiger partial charge >= 0.3 is 0 Å². The monoisotopic (exact) mass is 618 g/mol. The number of benzene rings is 2.